The second-order valence-electron chi connectivity index (χ2n) is 9.07. The number of aromatic nitrogens is 3. The summed E-state index contributed by atoms with van der Waals surface area (Å²) >= 11 is 0. The maximum absolute atomic E-state index is 13.8. The summed E-state index contributed by atoms with van der Waals surface area (Å²) in [6, 6.07) is 10.8. The minimum absolute atomic E-state index is 0.147. The molecule has 10 heteroatoms. The van der Waals surface area contributed by atoms with E-state index in [9.17, 15) is 17.2 Å². The molecule has 3 rings (SSSR count). The average molecular weight is 476 g/mol. The van der Waals surface area contributed by atoms with Crippen molar-refractivity contribution in [2.75, 3.05) is 16.9 Å². The molecule has 0 fully saturated rings. The predicted octanol–water partition coefficient (Wildman–Crippen LogP) is 5.32. The lowest BCUT2D eigenvalue weighted by atomic mass is 10.1. The molecule has 2 heterocycles. The van der Waals surface area contributed by atoms with Crippen molar-refractivity contribution in [2.24, 2.45) is 0 Å². The summed E-state index contributed by atoms with van der Waals surface area (Å²) in [7, 11) is -3.41. The molecule has 0 spiro atoms. The number of halogens is 2. The minimum Gasteiger partial charge on any atom is -0.365 e. The molecule has 7 nitrogen and oxygen atoms in total. The van der Waals surface area contributed by atoms with Crippen molar-refractivity contribution in [1.82, 2.24) is 15.0 Å². The van der Waals surface area contributed by atoms with Gasteiger partial charge in [-0.15, -0.1) is 0 Å². The van der Waals surface area contributed by atoms with Crippen molar-refractivity contribution in [3.63, 3.8) is 0 Å². The monoisotopic (exact) mass is 475 g/mol. The largest absolute Gasteiger partial charge is 0.365 e. The Balaban J connectivity index is 2.10. The molecule has 0 unspecified atom stereocenters. The molecule has 0 aliphatic heterocycles. The van der Waals surface area contributed by atoms with Crippen molar-refractivity contribution >= 4 is 27.2 Å². The summed E-state index contributed by atoms with van der Waals surface area (Å²) in [4.78, 5) is 13.1. The van der Waals surface area contributed by atoms with Crippen LogP contribution in [0.1, 0.15) is 39.0 Å². The van der Waals surface area contributed by atoms with Crippen LogP contribution in [-0.4, -0.2) is 35.2 Å². The van der Waals surface area contributed by atoms with E-state index in [1.807, 2.05) is 20.8 Å². The van der Waals surface area contributed by atoms with Gasteiger partial charge in [0.25, 0.3) is 5.92 Å². The highest BCUT2D eigenvalue weighted by Gasteiger charge is 2.26. The lowest BCUT2D eigenvalue weighted by molar-refractivity contribution is 0.0129. The van der Waals surface area contributed by atoms with Gasteiger partial charge >= 0.3 is 0 Å². The van der Waals surface area contributed by atoms with Crippen LogP contribution in [0.15, 0.2) is 47.4 Å². The first kappa shape index (κ1) is 24.5. The van der Waals surface area contributed by atoms with Crippen molar-refractivity contribution in [3.05, 3.63) is 53.7 Å². The second-order valence-corrected chi connectivity index (χ2v) is 11.1. The van der Waals surface area contributed by atoms with Crippen LogP contribution in [0, 0.1) is 6.92 Å². The standard InChI is InChI=1S/C23H27F2N5O2S/c1-14-10-15(12-16(11-14)33(6,31)32)26-19-13-20(30-22(2,3)4)29-21(28-19)17-8-7-9-18(27-17)23(5,24)25/h7-13H,1-6H3,(H2,26,28,29,30). The molecule has 1 aromatic carbocycles. The summed E-state index contributed by atoms with van der Waals surface area (Å²) < 4.78 is 51.7. The van der Waals surface area contributed by atoms with Gasteiger partial charge in [-0.05, 0) is 63.6 Å². The van der Waals surface area contributed by atoms with E-state index >= 15 is 0 Å². The molecule has 2 aromatic heterocycles. The highest BCUT2D eigenvalue weighted by Crippen LogP contribution is 2.29. The molecule has 3 aromatic rings. The molecule has 0 aliphatic rings. The smallest absolute Gasteiger partial charge is 0.286 e. The van der Waals surface area contributed by atoms with E-state index in [2.05, 4.69) is 25.6 Å². The highest BCUT2D eigenvalue weighted by atomic mass is 32.2. The van der Waals surface area contributed by atoms with Crippen LogP contribution in [0.2, 0.25) is 0 Å². The van der Waals surface area contributed by atoms with Crippen LogP contribution in [0.5, 0.6) is 0 Å². The number of aryl methyl sites for hydroxylation is 1. The van der Waals surface area contributed by atoms with Gasteiger partial charge in [-0.2, -0.15) is 8.78 Å². The molecule has 0 amide bonds. The second kappa shape index (κ2) is 8.66. The number of rotatable bonds is 6. The van der Waals surface area contributed by atoms with Crippen molar-refractivity contribution in [2.45, 2.75) is 51.0 Å². The first-order chi connectivity index (χ1) is 15.1. The van der Waals surface area contributed by atoms with Crippen LogP contribution in [0.4, 0.5) is 26.1 Å². The third-order valence-corrected chi connectivity index (χ3v) is 5.50. The topological polar surface area (TPSA) is 96.9 Å². The third kappa shape index (κ3) is 6.67. The van der Waals surface area contributed by atoms with Crippen molar-refractivity contribution in [3.8, 4) is 11.5 Å². The van der Waals surface area contributed by atoms with E-state index in [1.165, 1.54) is 18.2 Å². The number of sulfone groups is 1. The summed E-state index contributed by atoms with van der Waals surface area (Å²) in [5, 5.41) is 6.35. The van der Waals surface area contributed by atoms with E-state index in [0.29, 0.717) is 17.3 Å². The van der Waals surface area contributed by atoms with Gasteiger partial charge in [0.1, 0.15) is 23.0 Å². The molecular formula is C23H27F2N5O2S. The first-order valence-corrected chi connectivity index (χ1v) is 12.1. The summed E-state index contributed by atoms with van der Waals surface area (Å²) in [5.74, 6) is -2.15. The lowest BCUT2D eigenvalue weighted by Gasteiger charge is -2.22. The van der Waals surface area contributed by atoms with Crippen LogP contribution in [0.3, 0.4) is 0 Å². The summed E-state index contributed by atoms with van der Waals surface area (Å²) in [6.45, 7) is 8.44. The van der Waals surface area contributed by atoms with Gasteiger partial charge in [-0.25, -0.2) is 23.4 Å². The van der Waals surface area contributed by atoms with E-state index in [1.54, 1.807) is 31.2 Å². The lowest BCUT2D eigenvalue weighted by Crippen LogP contribution is -2.27. The van der Waals surface area contributed by atoms with Gasteiger partial charge in [0.05, 0.1) is 4.90 Å². The molecule has 33 heavy (non-hydrogen) atoms. The SMILES string of the molecule is Cc1cc(Nc2cc(NC(C)(C)C)nc(-c3cccc(C(C)(F)F)n3)n2)cc(S(C)(=O)=O)c1. The minimum atomic E-state index is -3.41. The fourth-order valence-electron chi connectivity index (χ4n) is 3.06. The highest BCUT2D eigenvalue weighted by molar-refractivity contribution is 7.90. The Kier molecular flexibility index (Phi) is 6.43. The zero-order valence-electron chi connectivity index (χ0n) is 19.4. The maximum Gasteiger partial charge on any atom is 0.286 e. The normalized spacial score (nSPS) is 12.5. The number of nitrogens with one attached hydrogen (secondary N) is 2. The Morgan fingerprint density at radius 2 is 1.58 bits per heavy atom. The van der Waals surface area contributed by atoms with Gasteiger partial charge in [-0.3, -0.25) is 0 Å². The number of pyridine rings is 1. The number of nitrogens with zero attached hydrogens (tertiary/aromatic N) is 3. The fraction of sp³-hybridized carbons (Fsp3) is 0.348. The molecule has 0 saturated carbocycles. The van der Waals surface area contributed by atoms with Gasteiger partial charge in [0.15, 0.2) is 15.7 Å². The van der Waals surface area contributed by atoms with Gasteiger partial charge in [-0.1, -0.05) is 6.07 Å². The van der Waals surface area contributed by atoms with E-state index in [-0.39, 0.29) is 27.6 Å². The molecule has 176 valence electrons. The Bertz CT molecular complexity index is 1280. The van der Waals surface area contributed by atoms with Crippen LogP contribution in [0.25, 0.3) is 11.5 Å². The number of alkyl halides is 2. The Morgan fingerprint density at radius 1 is 0.909 bits per heavy atom. The van der Waals surface area contributed by atoms with Crippen LogP contribution < -0.4 is 10.6 Å². The van der Waals surface area contributed by atoms with E-state index in [4.69, 9.17) is 0 Å². The van der Waals surface area contributed by atoms with Gasteiger partial charge in [0.2, 0.25) is 0 Å². The molecule has 0 saturated heterocycles. The maximum atomic E-state index is 13.8. The molecule has 0 bridgehead atoms. The first-order valence-electron chi connectivity index (χ1n) is 10.2. The van der Waals surface area contributed by atoms with Crippen molar-refractivity contribution in [1.29, 1.82) is 0 Å². The zero-order chi connectivity index (χ0) is 24.6. The van der Waals surface area contributed by atoms with Gasteiger partial charge < -0.3 is 10.6 Å². The van der Waals surface area contributed by atoms with Crippen LogP contribution in [-0.2, 0) is 15.8 Å². The summed E-state index contributed by atoms with van der Waals surface area (Å²) in [6.07, 6.45) is 1.14. The Morgan fingerprint density at radius 3 is 2.18 bits per heavy atom. The van der Waals surface area contributed by atoms with E-state index < -0.39 is 15.8 Å². The number of hydrogen-bond donors (Lipinski definition) is 2. The molecule has 0 atom stereocenters. The molecular weight excluding hydrogens is 448 g/mol. The number of hydrogen-bond acceptors (Lipinski definition) is 7. The number of anilines is 3. The van der Waals surface area contributed by atoms with Crippen molar-refractivity contribution < 1.29 is 17.2 Å². The quantitative estimate of drug-likeness (QED) is 0.498. The Labute approximate surface area is 192 Å². The number of benzene rings is 1. The molecule has 2 N–H and O–H groups in total. The predicted molar refractivity (Wildman–Crippen MR) is 126 cm³/mol. The molecule has 0 aliphatic carbocycles. The van der Waals surface area contributed by atoms with Gasteiger partial charge in [0, 0.05) is 30.5 Å². The zero-order valence-corrected chi connectivity index (χ0v) is 20.2. The van der Waals surface area contributed by atoms with E-state index in [0.717, 1.165) is 18.7 Å². The third-order valence-electron chi connectivity index (χ3n) is 4.41. The fourth-order valence-corrected chi connectivity index (χ4v) is 3.80. The Hall–Kier alpha value is -3.14. The molecule has 0 radical (unpaired) electrons. The van der Waals surface area contributed by atoms with Crippen LogP contribution >= 0.6 is 0 Å². The average Bonchev–Trinajstić information content (AvgIpc) is 2.64. The summed E-state index contributed by atoms with van der Waals surface area (Å²) in [5.41, 5.74) is 0.742.